The molecule has 0 aliphatic carbocycles. The lowest BCUT2D eigenvalue weighted by Crippen LogP contribution is -2.41. The van der Waals surface area contributed by atoms with Crippen LogP contribution in [-0.4, -0.2) is 46.2 Å². The molecule has 36 heavy (non-hydrogen) atoms. The van der Waals surface area contributed by atoms with Crippen molar-refractivity contribution in [1.82, 2.24) is 19.1 Å². The van der Waals surface area contributed by atoms with Gasteiger partial charge in [-0.05, 0) is 43.7 Å². The molecule has 2 aromatic heterocycles. The van der Waals surface area contributed by atoms with Crippen LogP contribution in [0.4, 0.5) is 5.69 Å². The molecule has 0 saturated carbocycles. The fourth-order valence-electron chi connectivity index (χ4n) is 4.35. The predicted molar refractivity (Wildman–Crippen MR) is 139 cm³/mol. The van der Waals surface area contributed by atoms with Crippen LogP contribution < -0.4 is 10.3 Å². The first-order valence-electron chi connectivity index (χ1n) is 11.0. The Morgan fingerprint density at radius 1 is 1.08 bits per heavy atom. The van der Waals surface area contributed by atoms with Crippen LogP contribution in [-0.2, 0) is 23.0 Å². The maximum absolute atomic E-state index is 13.8. The third kappa shape index (κ3) is 4.36. The number of halogens is 2. The molecule has 1 N–H and O–H groups in total. The van der Waals surface area contributed by atoms with E-state index >= 15 is 0 Å². The first-order valence-corrected chi connectivity index (χ1v) is 13.6. The first kappa shape index (κ1) is 24.4. The lowest BCUT2D eigenvalue weighted by atomic mass is 10.0. The number of nitrogens with one attached hydrogen (secondary N) is 1. The van der Waals surface area contributed by atoms with Crippen LogP contribution >= 0.6 is 23.2 Å². The Kier molecular flexibility index (Phi) is 6.06. The Morgan fingerprint density at radius 2 is 1.81 bits per heavy atom. The van der Waals surface area contributed by atoms with Gasteiger partial charge < -0.3 is 4.90 Å². The van der Waals surface area contributed by atoms with Gasteiger partial charge in [-0.15, -0.1) is 0 Å². The van der Waals surface area contributed by atoms with Crippen molar-refractivity contribution in [3.63, 3.8) is 0 Å². The SMILES string of the molecule is Cc1ccc(-n2c(=O)c3c(n4ncc(NS(C)(=O)=O)c24)CN(C(=O)c2ccc(Cl)c(Cl)c2)CC3)cc1. The van der Waals surface area contributed by atoms with Crippen molar-refractivity contribution in [2.75, 3.05) is 17.5 Å². The Bertz CT molecular complexity index is 1690. The standard InChI is InChI=1S/C24H21Cl2N5O4S/c1-14-3-6-16(7-4-14)30-22-20(28-36(2,34)35)12-27-31(22)21-13-29(10-9-17(21)24(30)33)23(32)15-5-8-18(25)19(26)11-15/h3-8,11-12,28H,9-10,13H2,1-2H3. The van der Waals surface area contributed by atoms with Gasteiger partial charge in [0.25, 0.3) is 11.5 Å². The lowest BCUT2D eigenvalue weighted by molar-refractivity contribution is 0.0730. The molecule has 4 aromatic rings. The molecular formula is C24H21Cl2N5O4S. The molecule has 12 heteroatoms. The second kappa shape index (κ2) is 8.95. The number of nitrogens with zero attached hydrogens (tertiary/aromatic N) is 4. The summed E-state index contributed by atoms with van der Waals surface area (Å²) in [4.78, 5) is 28.6. The van der Waals surface area contributed by atoms with E-state index in [2.05, 4.69) is 9.82 Å². The third-order valence-electron chi connectivity index (χ3n) is 6.03. The molecular weight excluding hydrogens is 525 g/mol. The maximum atomic E-state index is 13.8. The molecule has 186 valence electrons. The van der Waals surface area contributed by atoms with Crippen LogP contribution in [0.2, 0.25) is 10.0 Å². The number of carbonyl (C=O) groups excluding carboxylic acids is 1. The normalized spacial score (nSPS) is 13.6. The van der Waals surface area contributed by atoms with Crippen molar-refractivity contribution < 1.29 is 13.2 Å². The average Bonchev–Trinajstić information content (AvgIpc) is 3.23. The molecule has 1 aliphatic rings. The van der Waals surface area contributed by atoms with Gasteiger partial charge in [0.1, 0.15) is 5.69 Å². The van der Waals surface area contributed by atoms with E-state index in [1.807, 2.05) is 19.1 Å². The molecule has 1 amide bonds. The molecule has 0 unspecified atom stereocenters. The number of sulfonamides is 1. The number of hydrogen-bond donors (Lipinski definition) is 1. The van der Waals surface area contributed by atoms with Gasteiger partial charge in [0, 0.05) is 17.7 Å². The topological polar surface area (TPSA) is 106 Å². The number of amides is 1. The summed E-state index contributed by atoms with van der Waals surface area (Å²) in [6.45, 7) is 2.36. The zero-order valence-corrected chi connectivity index (χ0v) is 21.7. The van der Waals surface area contributed by atoms with Crippen LogP contribution in [0.5, 0.6) is 0 Å². The molecule has 5 rings (SSSR count). The fourth-order valence-corrected chi connectivity index (χ4v) is 5.19. The highest BCUT2D eigenvalue weighted by atomic mass is 35.5. The minimum absolute atomic E-state index is 0.106. The summed E-state index contributed by atoms with van der Waals surface area (Å²) in [5, 5.41) is 5.02. The van der Waals surface area contributed by atoms with Crippen molar-refractivity contribution in [2.24, 2.45) is 0 Å². The minimum Gasteiger partial charge on any atom is -0.332 e. The number of carbonyl (C=O) groups is 1. The summed E-state index contributed by atoms with van der Waals surface area (Å²) < 4.78 is 29.5. The van der Waals surface area contributed by atoms with Crippen LogP contribution in [0, 0.1) is 6.92 Å². The van der Waals surface area contributed by atoms with Gasteiger partial charge in [0.05, 0.1) is 40.4 Å². The smallest absolute Gasteiger partial charge is 0.261 e. The number of aryl methyl sites for hydroxylation is 1. The largest absolute Gasteiger partial charge is 0.332 e. The van der Waals surface area contributed by atoms with E-state index < -0.39 is 10.0 Å². The quantitative estimate of drug-likeness (QED) is 0.421. The lowest BCUT2D eigenvalue weighted by Gasteiger charge is -2.29. The van der Waals surface area contributed by atoms with E-state index in [0.29, 0.717) is 40.5 Å². The number of anilines is 1. The second-order valence-corrected chi connectivity index (χ2v) is 11.2. The Balaban J connectivity index is 1.67. The van der Waals surface area contributed by atoms with Crippen molar-refractivity contribution in [3.8, 4) is 5.69 Å². The summed E-state index contributed by atoms with van der Waals surface area (Å²) >= 11 is 12.1. The molecule has 1 aliphatic heterocycles. The van der Waals surface area contributed by atoms with Gasteiger partial charge in [0.2, 0.25) is 10.0 Å². The van der Waals surface area contributed by atoms with Gasteiger partial charge in [-0.1, -0.05) is 40.9 Å². The zero-order chi connectivity index (χ0) is 25.8. The molecule has 3 heterocycles. The summed E-state index contributed by atoms with van der Waals surface area (Å²) in [7, 11) is -3.65. The summed E-state index contributed by atoms with van der Waals surface area (Å²) in [6, 6.07) is 12.0. The van der Waals surface area contributed by atoms with Crippen molar-refractivity contribution in [1.29, 1.82) is 0 Å². The van der Waals surface area contributed by atoms with E-state index in [1.165, 1.54) is 21.3 Å². The Labute approximate surface area is 216 Å². The van der Waals surface area contributed by atoms with Gasteiger partial charge in [0.15, 0.2) is 5.65 Å². The average molecular weight is 546 g/mol. The predicted octanol–water partition coefficient (Wildman–Crippen LogP) is 3.67. The highest BCUT2D eigenvalue weighted by Crippen LogP contribution is 2.28. The number of aromatic nitrogens is 3. The molecule has 0 saturated heterocycles. The Morgan fingerprint density at radius 3 is 2.47 bits per heavy atom. The molecule has 0 radical (unpaired) electrons. The Hall–Kier alpha value is -3.34. The zero-order valence-electron chi connectivity index (χ0n) is 19.3. The molecule has 0 atom stereocenters. The van der Waals surface area contributed by atoms with E-state index in [9.17, 15) is 18.0 Å². The summed E-state index contributed by atoms with van der Waals surface area (Å²) in [5.74, 6) is -0.267. The van der Waals surface area contributed by atoms with Gasteiger partial charge in [-0.3, -0.25) is 18.9 Å². The number of rotatable bonds is 4. The molecule has 0 fully saturated rings. The van der Waals surface area contributed by atoms with Crippen molar-refractivity contribution in [3.05, 3.63) is 91.4 Å². The number of fused-ring (bicyclic) bond motifs is 3. The molecule has 2 aromatic carbocycles. The minimum atomic E-state index is -3.65. The highest BCUT2D eigenvalue weighted by molar-refractivity contribution is 7.92. The van der Waals surface area contributed by atoms with Crippen molar-refractivity contribution in [2.45, 2.75) is 19.9 Å². The first-order chi connectivity index (χ1) is 17.0. The fraction of sp³-hybridized carbons (Fsp3) is 0.208. The maximum Gasteiger partial charge on any atom is 0.261 e. The van der Waals surface area contributed by atoms with Crippen LogP contribution in [0.1, 0.15) is 27.2 Å². The van der Waals surface area contributed by atoms with Crippen LogP contribution in [0.15, 0.2) is 53.5 Å². The van der Waals surface area contributed by atoms with E-state index in [-0.39, 0.29) is 34.4 Å². The molecule has 0 spiro atoms. The monoisotopic (exact) mass is 545 g/mol. The third-order valence-corrected chi connectivity index (χ3v) is 7.36. The van der Waals surface area contributed by atoms with Gasteiger partial charge in [-0.25, -0.2) is 12.9 Å². The number of benzene rings is 2. The van der Waals surface area contributed by atoms with E-state index in [1.54, 1.807) is 29.2 Å². The van der Waals surface area contributed by atoms with E-state index in [0.717, 1.165) is 11.8 Å². The van der Waals surface area contributed by atoms with Crippen LogP contribution in [0.3, 0.4) is 0 Å². The van der Waals surface area contributed by atoms with E-state index in [4.69, 9.17) is 23.2 Å². The van der Waals surface area contributed by atoms with Crippen LogP contribution in [0.25, 0.3) is 11.3 Å². The summed E-state index contributed by atoms with van der Waals surface area (Å²) in [5.41, 5.74) is 3.11. The number of hydrogen-bond acceptors (Lipinski definition) is 5. The summed E-state index contributed by atoms with van der Waals surface area (Å²) in [6.07, 6.45) is 2.69. The van der Waals surface area contributed by atoms with Gasteiger partial charge >= 0.3 is 0 Å². The van der Waals surface area contributed by atoms with Crippen molar-refractivity contribution >= 4 is 50.5 Å². The molecule has 0 bridgehead atoms. The second-order valence-electron chi connectivity index (χ2n) is 8.67. The highest BCUT2D eigenvalue weighted by Gasteiger charge is 2.29. The van der Waals surface area contributed by atoms with Gasteiger partial charge in [-0.2, -0.15) is 5.10 Å². The molecule has 9 nitrogen and oxygen atoms in total.